The van der Waals surface area contributed by atoms with E-state index in [1.807, 2.05) is 0 Å². The average Bonchev–Trinajstić information content (AvgIpc) is 2.83. The van der Waals surface area contributed by atoms with Crippen molar-refractivity contribution in [2.45, 2.75) is 6.92 Å². The van der Waals surface area contributed by atoms with Gasteiger partial charge in [-0.3, -0.25) is 4.79 Å². The van der Waals surface area contributed by atoms with Crippen LogP contribution in [0.4, 0.5) is 5.69 Å². The molecule has 100 valence electrons. The van der Waals surface area contributed by atoms with Gasteiger partial charge in [0.25, 0.3) is 5.91 Å². The smallest absolute Gasteiger partial charge is 0.277 e. The molecule has 2 aromatic rings. The number of carbonyl (C=O) groups excluding carboxylic acids is 1. The fourth-order valence-corrected chi connectivity index (χ4v) is 1.51. The minimum Gasteiger partial charge on any atom is -0.492 e. The van der Waals surface area contributed by atoms with E-state index in [1.54, 1.807) is 37.3 Å². The number of hydrogen-bond donors (Lipinski definition) is 2. The average molecular weight is 261 g/mol. The Kier molecular flexibility index (Phi) is 4.15. The topological polar surface area (TPSA) is 90.4 Å². The van der Waals surface area contributed by atoms with Gasteiger partial charge < -0.3 is 20.3 Å². The van der Waals surface area contributed by atoms with Gasteiger partial charge in [0.15, 0.2) is 5.69 Å². The molecular formula is C13H15N3O3. The van der Waals surface area contributed by atoms with Gasteiger partial charge in [-0.05, 0) is 19.1 Å². The number of hydrogen-bond acceptors (Lipinski definition) is 5. The molecule has 0 aliphatic carbocycles. The second-order valence-corrected chi connectivity index (χ2v) is 3.94. The normalized spacial score (nSPS) is 10.2. The van der Waals surface area contributed by atoms with Crippen molar-refractivity contribution in [3.63, 3.8) is 0 Å². The van der Waals surface area contributed by atoms with E-state index in [-0.39, 0.29) is 11.6 Å². The number of nitrogens with one attached hydrogen (secondary N) is 1. The Hall–Kier alpha value is -2.34. The molecule has 0 atom stereocenters. The molecule has 6 heteroatoms. The molecule has 0 unspecified atom stereocenters. The van der Waals surface area contributed by atoms with Crippen molar-refractivity contribution in [3.8, 4) is 5.75 Å². The van der Waals surface area contributed by atoms with Crippen LogP contribution in [0.25, 0.3) is 0 Å². The number of amides is 1. The summed E-state index contributed by atoms with van der Waals surface area (Å²) in [7, 11) is 0. The van der Waals surface area contributed by atoms with Gasteiger partial charge in [-0.25, -0.2) is 0 Å². The highest BCUT2D eigenvalue weighted by Crippen LogP contribution is 2.18. The first-order chi connectivity index (χ1) is 9.19. The molecule has 1 amide bonds. The van der Waals surface area contributed by atoms with Gasteiger partial charge in [0.2, 0.25) is 0 Å². The highest BCUT2D eigenvalue weighted by Gasteiger charge is 2.11. The number of ether oxygens (including phenoxy) is 1. The number of rotatable bonds is 5. The minimum absolute atomic E-state index is 0.241. The van der Waals surface area contributed by atoms with E-state index in [0.717, 1.165) is 0 Å². The molecule has 0 saturated carbocycles. The zero-order valence-electron chi connectivity index (χ0n) is 10.6. The summed E-state index contributed by atoms with van der Waals surface area (Å²) in [6.07, 6.45) is 0. The number of nitrogens with two attached hydrogens (primary N) is 1. The molecule has 0 bridgehead atoms. The van der Waals surface area contributed by atoms with Crippen LogP contribution in [-0.2, 0) is 0 Å². The van der Waals surface area contributed by atoms with Crippen molar-refractivity contribution < 1.29 is 14.1 Å². The van der Waals surface area contributed by atoms with Gasteiger partial charge in [0.05, 0.1) is 0 Å². The summed E-state index contributed by atoms with van der Waals surface area (Å²) < 4.78 is 10.2. The van der Waals surface area contributed by atoms with E-state index < -0.39 is 0 Å². The molecule has 0 radical (unpaired) electrons. The Morgan fingerprint density at radius 3 is 3.00 bits per heavy atom. The third kappa shape index (κ3) is 3.56. The van der Waals surface area contributed by atoms with E-state index in [2.05, 4.69) is 10.5 Å². The summed E-state index contributed by atoms with van der Waals surface area (Å²) in [6.45, 7) is 2.60. The quantitative estimate of drug-likeness (QED) is 0.852. The molecule has 1 heterocycles. The number of carbonyl (C=O) groups is 1. The van der Waals surface area contributed by atoms with Crippen molar-refractivity contribution in [2.75, 3.05) is 18.5 Å². The van der Waals surface area contributed by atoms with Gasteiger partial charge in [0, 0.05) is 24.4 Å². The number of nitrogens with zero attached hydrogens (tertiary/aromatic N) is 1. The highest BCUT2D eigenvalue weighted by atomic mass is 16.5. The van der Waals surface area contributed by atoms with Crippen molar-refractivity contribution >= 4 is 11.6 Å². The predicted octanol–water partition coefficient (Wildman–Crippen LogP) is 1.57. The van der Waals surface area contributed by atoms with E-state index in [4.69, 9.17) is 15.0 Å². The zero-order valence-corrected chi connectivity index (χ0v) is 10.6. The van der Waals surface area contributed by atoms with Crippen molar-refractivity contribution in [1.29, 1.82) is 0 Å². The maximum atomic E-state index is 11.9. The molecule has 0 fully saturated rings. The standard InChI is InChI=1S/C13H15N3O3/c1-9-7-12(16-19-9)13(17)15-10-3-2-4-11(8-10)18-6-5-14/h2-4,7-8H,5-6,14H2,1H3,(H,15,17). The first kappa shape index (κ1) is 13.1. The number of aromatic nitrogens is 1. The summed E-state index contributed by atoms with van der Waals surface area (Å²) in [5.41, 5.74) is 6.23. The molecule has 3 N–H and O–H groups in total. The summed E-state index contributed by atoms with van der Waals surface area (Å²) in [5.74, 6) is 0.914. The van der Waals surface area contributed by atoms with Gasteiger partial charge in [-0.1, -0.05) is 11.2 Å². The Bertz CT molecular complexity index is 566. The second-order valence-electron chi connectivity index (χ2n) is 3.94. The molecule has 1 aromatic heterocycles. The van der Waals surface area contributed by atoms with Gasteiger partial charge >= 0.3 is 0 Å². The molecule has 1 aromatic carbocycles. The first-order valence-corrected chi connectivity index (χ1v) is 5.86. The molecule has 2 rings (SSSR count). The van der Waals surface area contributed by atoms with Gasteiger partial charge in [-0.2, -0.15) is 0 Å². The van der Waals surface area contributed by atoms with Crippen molar-refractivity contribution in [1.82, 2.24) is 5.16 Å². The summed E-state index contributed by atoms with van der Waals surface area (Å²) >= 11 is 0. The maximum absolute atomic E-state index is 11.9. The van der Waals surface area contributed by atoms with Crippen molar-refractivity contribution in [3.05, 3.63) is 41.8 Å². The molecular weight excluding hydrogens is 246 g/mol. The predicted molar refractivity (Wildman–Crippen MR) is 70.2 cm³/mol. The summed E-state index contributed by atoms with van der Waals surface area (Å²) in [5, 5.41) is 6.36. The van der Waals surface area contributed by atoms with E-state index in [0.29, 0.717) is 30.3 Å². The maximum Gasteiger partial charge on any atom is 0.277 e. The lowest BCUT2D eigenvalue weighted by Crippen LogP contribution is -2.13. The van der Waals surface area contributed by atoms with Crippen LogP contribution >= 0.6 is 0 Å². The van der Waals surface area contributed by atoms with E-state index in [1.165, 1.54) is 0 Å². The number of aryl methyl sites for hydroxylation is 1. The fraction of sp³-hybridized carbons (Fsp3) is 0.231. The number of benzene rings is 1. The van der Waals surface area contributed by atoms with Crippen LogP contribution < -0.4 is 15.8 Å². The lowest BCUT2D eigenvalue weighted by atomic mass is 10.3. The Balaban J connectivity index is 2.04. The molecule has 6 nitrogen and oxygen atoms in total. The summed E-state index contributed by atoms with van der Waals surface area (Å²) in [6, 6.07) is 8.64. The van der Waals surface area contributed by atoms with Crippen LogP contribution in [0.5, 0.6) is 5.75 Å². The third-order valence-electron chi connectivity index (χ3n) is 2.34. The molecule has 0 aliphatic heterocycles. The SMILES string of the molecule is Cc1cc(C(=O)Nc2cccc(OCCN)c2)no1. The van der Waals surface area contributed by atoms with Crippen LogP contribution in [0.3, 0.4) is 0 Å². The Morgan fingerprint density at radius 2 is 2.32 bits per heavy atom. The van der Waals surface area contributed by atoms with Crippen LogP contribution in [0.2, 0.25) is 0 Å². The lowest BCUT2D eigenvalue weighted by Gasteiger charge is -2.07. The van der Waals surface area contributed by atoms with Crippen LogP contribution in [0, 0.1) is 6.92 Å². The Morgan fingerprint density at radius 1 is 1.47 bits per heavy atom. The molecule has 0 saturated heterocycles. The van der Waals surface area contributed by atoms with Crippen molar-refractivity contribution in [2.24, 2.45) is 5.73 Å². The van der Waals surface area contributed by atoms with Gasteiger partial charge in [0.1, 0.15) is 18.1 Å². The van der Waals surface area contributed by atoms with Crippen LogP contribution in [-0.4, -0.2) is 24.2 Å². The molecule has 0 aliphatic rings. The monoisotopic (exact) mass is 261 g/mol. The zero-order chi connectivity index (χ0) is 13.7. The first-order valence-electron chi connectivity index (χ1n) is 5.86. The van der Waals surface area contributed by atoms with E-state index in [9.17, 15) is 4.79 Å². The molecule has 0 spiro atoms. The van der Waals surface area contributed by atoms with Crippen LogP contribution in [0.1, 0.15) is 16.2 Å². The summed E-state index contributed by atoms with van der Waals surface area (Å²) in [4.78, 5) is 11.9. The van der Waals surface area contributed by atoms with Crippen LogP contribution in [0.15, 0.2) is 34.9 Å². The second kappa shape index (κ2) is 6.01. The lowest BCUT2D eigenvalue weighted by molar-refractivity contribution is 0.101. The highest BCUT2D eigenvalue weighted by molar-refractivity contribution is 6.02. The third-order valence-corrected chi connectivity index (χ3v) is 2.34. The minimum atomic E-state index is -0.326. The fourth-order valence-electron chi connectivity index (χ4n) is 1.51. The van der Waals surface area contributed by atoms with Gasteiger partial charge in [-0.15, -0.1) is 0 Å². The number of anilines is 1. The largest absolute Gasteiger partial charge is 0.492 e. The Labute approximate surface area is 110 Å². The van der Waals surface area contributed by atoms with E-state index >= 15 is 0 Å². The molecule has 19 heavy (non-hydrogen) atoms.